The van der Waals surface area contributed by atoms with Gasteiger partial charge in [-0.15, -0.1) is 0 Å². The number of likely N-dealkylation sites (tertiary alicyclic amines) is 1. The molecule has 2 aliphatic heterocycles. The van der Waals surface area contributed by atoms with Crippen LogP contribution in [0.2, 0.25) is 0 Å². The van der Waals surface area contributed by atoms with E-state index >= 15 is 0 Å². The van der Waals surface area contributed by atoms with E-state index in [1.165, 1.54) is 45.1 Å². The Morgan fingerprint density at radius 3 is 2.93 bits per heavy atom. The fraction of sp³-hybridized carbons (Fsp3) is 1.00. The number of nitrogens with two attached hydrogens (primary N) is 1. The van der Waals surface area contributed by atoms with Gasteiger partial charge in [-0.3, -0.25) is 4.90 Å². The largest absolute Gasteiger partial charge is 0.377 e. The van der Waals surface area contributed by atoms with Crippen molar-refractivity contribution in [3.63, 3.8) is 0 Å². The molecule has 0 aromatic carbocycles. The lowest BCUT2D eigenvalue weighted by atomic mass is 10.1. The van der Waals surface area contributed by atoms with Crippen LogP contribution in [0.3, 0.4) is 0 Å². The molecule has 0 aromatic rings. The van der Waals surface area contributed by atoms with Crippen molar-refractivity contribution >= 4 is 0 Å². The molecule has 0 amide bonds. The molecule has 2 aliphatic rings. The van der Waals surface area contributed by atoms with Crippen LogP contribution in [0.25, 0.3) is 0 Å². The van der Waals surface area contributed by atoms with E-state index in [9.17, 15) is 0 Å². The number of rotatable bonds is 5. The van der Waals surface area contributed by atoms with E-state index in [0.717, 1.165) is 25.7 Å². The first-order valence-corrected chi connectivity index (χ1v) is 6.46. The maximum absolute atomic E-state index is 5.70. The second kappa shape index (κ2) is 5.83. The Labute approximate surface area is 93.0 Å². The minimum absolute atomic E-state index is 0.517. The zero-order valence-electron chi connectivity index (χ0n) is 9.66. The predicted molar refractivity (Wildman–Crippen MR) is 61.9 cm³/mol. The molecule has 15 heavy (non-hydrogen) atoms. The van der Waals surface area contributed by atoms with E-state index in [0.29, 0.717) is 6.10 Å². The van der Waals surface area contributed by atoms with Crippen LogP contribution < -0.4 is 5.73 Å². The summed E-state index contributed by atoms with van der Waals surface area (Å²) < 4.78 is 5.70. The van der Waals surface area contributed by atoms with Gasteiger partial charge in [0, 0.05) is 19.2 Å². The molecule has 0 bridgehead atoms. The molecular formula is C12H24N2O. The minimum Gasteiger partial charge on any atom is -0.377 e. The molecule has 2 fully saturated rings. The summed E-state index contributed by atoms with van der Waals surface area (Å²) in [5.41, 5.74) is 5.57. The van der Waals surface area contributed by atoms with Gasteiger partial charge in [0.15, 0.2) is 0 Å². The van der Waals surface area contributed by atoms with Gasteiger partial charge in [-0.05, 0) is 51.6 Å². The van der Waals surface area contributed by atoms with Gasteiger partial charge in [0.25, 0.3) is 0 Å². The Hall–Kier alpha value is -0.120. The van der Waals surface area contributed by atoms with Crippen LogP contribution in [-0.2, 0) is 4.74 Å². The van der Waals surface area contributed by atoms with Crippen molar-refractivity contribution in [2.75, 3.05) is 26.2 Å². The lowest BCUT2D eigenvalue weighted by Crippen LogP contribution is -2.36. The van der Waals surface area contributed by atoms with E-state index in [2.05, 4.69) is 4.90 Å². The van der Waals surface area contributed by atoms with Gasteiger partial charge in [0.2, 0.25) is 0 Å². The predicted octanol–water partition coefficient (Wildman–Crippen LogP) is 1.37. The normalized spacial score (nSPS) is 32.6. The van der Waals surface area contributed by atoms with Crippen LogP contribution >= 0.6 is 0 Å². The van der Waals surface area contributed by atoms with Crippen LogP contribution in [0, 0.1) is 0 Å². The second-order valence-electron chi connectivity index (χ2n) is 4.86. The van der Waals surface area contributed by atoms with Crippen LogP contribution in [-0.4, -0.2) is 43.3 Å². The van der Waals surface area contributed by atoms with Gasteiger partial charge >= 0.3 is 0 Å². The maximum Gasteiger partial charge on any atom is 0.0702 e. The smallest absolute Gasteiger partial charge is 0.0702 e. The Kier molecular flexibility index (Phi) is 4.42. The van der Waals surface area contributed by atoms with E-state index in [-0.39, 0.29) is 0 Å². The third-order valence-corrected chi connectivity index (χ3v) is 3.70. The van der Waals surface area contributed by atoms with Crippen molar-refractivity contribution in [2.45, 2.75) is 50.7 Å². The van der Waals surface area contributed by atoms with Gasteiger partial charge in [-0.2, -0.15) is 0 Å². The molecule has 0 spiro atoms. The fourth-order valence-electron chi connectivity index (χ4n) is 2.87. The van der Waals surface area contributed by atoms with Gasteiger partial charge in [0.05, 0.1) is 6.10 Å². The molecule has 0 saturated carbocycles. The summed E-state index contributed by atoms with van der Waals surface area (Å²) in [6.07, 6.45) is 8.22. The number of hydrogen-bond donors (Lipinski definition) is 1. The quantitative estimate of drug-likeness (QED) is 0.748. The molecular weight excluding hydrogens is 188 g/mol. The van der Waals surface area contributed by atoms with Gasteiger partial charge in [-0.1, -0.05) is 0 Å². The summed E-state index contributed by atoms with van der Waals surface area (Å²) in [6, 6.07) is 0.790. The van der Waals surface area contributed by atoms with Crippen molar-refractivity contribution in [3.05, 3.63) is 0 Å². The van der Waals surface area contributed by atoms with Crippen molar-refractivity contribution in [1.82, 2.24) is 4.90 Å². The van der Waals surface area contributed by atoms with Crippen LogP contribution in [0.5, 0.6) is 0 Å². The average Bonchev–Trinajstić information content (AvgIpc) is 2.87. The molecule has 2 saturated heterocycles. The fourth-order valence-corrected chi connectivity index (χ4v) is 2.87. The monoisotopic (exact) mass is 212 g/mol. The summed E-state index contributed by atoms with van der Waals surface area (Å²) >= 11 is 0. The number of hydrogen-bond acceptors (Lipinski definition) is 3. The highest BCUT2D eigenvalue weighted by Gasteiger charge is 2.27. The molecule has 2 heterocycles. The van der Waals surface area contributed by atoms with Crippen LogP contribution in [0.15, 0.2) is 0 Å². The van der Waals surface area contributed by atoms with E-state index < -0.39 is 0 Å². The molecule has 0 aromatic heterocycles. The lowest BCUT2D eigenvalue weighted by Gasteiger charge is -2.26. The van der Waals surface area contributed by atoms with E-state index in [1.807, 2.05) is 0 Å². The summed E-state index contributed by atoms with van der Waals surface area (Å²) in [4.78, 5) is 2.63. The first-order valence-electron chi connectivity index (χ1n) is 6.46. The third kappa shape index (κ3) is 3.16. The third-order valence-electron chi connectivity index (χ3n) is 3.70. The molecule has 2 N–H and O–H groups in total. The van der Waals surface area contributed by atoms with E-state index in [1.54, 1.807) is 0 Å². The van der Waals surface area contributed by atoms with Crippen molar-refractivity contribution in [3.8, 4) is 0 Å². The zero-order valence-corrected chi connectivity index (χ0v) is 9.66. The Morgan fingerprint density at radius 2 is 2.20 bits per heavy atom. The highest BCUT2D eigenvalue weighted by molar-refractivity contribution is 4.82. The summed E-state index contributed by atoms with van der Waals surface area (Å²) in [7, 11) is 0. The van der Waals surface area contributed by atoms with Gasteiger partial charge in [-0.25, -0.2) is 0 Å². The highest BCUT2D eigenvalue weighted by Crippen LogP contribution is 2.23. The highest BCUT2D eigenvalue weighted by atomic mass is 16.5. The lowest BCUT2D eigenvalue weighted by molar-refractivity contribution is 0.0675. The van der Waals surface area contributed by atoms with Crippen molar-refractivity contribution in [1.29, 1.82) is 0 Å². The first kappa shape index (κ1) is 11.4. The SMILES string of the molecule is NCCCC1CCCN1CC1CCCO1. The molecule has 0 aliphatic carbocycles. The van der Waals surface area contributed by atoms with Crippen molar-refractivity contribution in [2.24, 2.45) is 5.73 Å². The Bertz CT molecular complexity index is 180. The Morgan fingerprint density at radius 1 is 1.27 bits per heavy atom. The number of nitrogens with zero attached hydrogens (tertiary/aromatic N) is 1. The average molecular weight is 212 g/mol. The summed E-state index contributed by atoms with van der Waals surface area (Å²) in [5.74, 6) is 0. The minimum atomic E-state index is 0.517. The topological polar surface area (TPSA) is 38.5 Å². The van der Waals surface area contributed by atoms with Gasteiger partial charge in [0.1, 0.15) is 0 Å². The molecule has 2 unspecified atom stereocenters. The number of ether oxygens (including phenoxy) is 1. The molecule has 3 nitrogen and oxygen atoms in total. The molecule has 2 rings (SSSR count). The molecule has 3 heteroatoms. The van der Waals surface area contributed by atoms with Gasteiger partial charge < -0.3 is 10.5 Å². The molecule has 2 atom stereocenters. The standard InChI is InChI=1S/C12H24N2O/c13-7-1-4-11-5-2-8-14(11)10-12-6-3-9-15-12/h11-12H,1-10,13H2. The Balaban J connectivity index is 1.74. The summed E-state index contributed by atoms with van der Waals surface area (Å²) in [6.45, 7) is 4.25. The molecule has 88 valence electrons. The summed E-state index contributed by atoms with van der Waals surface area (Å²) in [5, 5.41) is 0. The van der Waals surface area contributed by atoms with E-state index in [4.69, 9.17) is 10.5 Å². The van der Waals surface area contributed by atoms with Crippen molar-refractivity contribution < 1.29 is 4.74 Å². The zero-order chi connectivity index (χ0) is 10.5. The maximum atomic E-state index is 5.70. The first-order chi connectivity index (χ1) is 7.40. The van der Waals surface area contributed by atoms with Crippen LogP contribution in [0.4, 0.5) is 0 Å². The molecule has 0 radical (unpaired) electrons. The second-order valence-corrected chi connectivity index (χ2v) is 4.86. The van der Waals surface area contributed by atoms with Crippen LogP contribution in [0.1, 0.15) is 38.5 Å².